The summed E-state index contributed by atoms with van der Waals surface area (Å²) in [6.07, 6.45) is 0.457. The van der Waals surface area contributed by atoms with Gasteiger partial charge in [-0.25, -0.2) is 4.79 Å². The summed E-state index contributed by atoms with van der Waals surface area (Å²) in [7, 11) is -2.10. The molecule has 1 atom stereocenters. The molecule has 0 saturated carbocycles. The smallest absolute Gasteiger partial charge is 0.334 e. The fourth-order valence-corrected chi connectivity index (χ4v) is 5.53. The Morgan fingerprint density at radius 3 is 1.67 bits per heavy atom. The molecular weight excluding hydrogens is 316 g/mol. The highest BCUT2D eigenvalue weighted by atomic mass is 28.3. The van der Waals surface area contributed by atoms with E-state index in [0.717, 1.165) is 10.4 Å². The van der Waals surface area contributed by atoms with Crippen molar-refractivity contribution in [1.29, 1.82) is 0 Å². The van der Waals surface area contributed by atoms with Gasteiger partial charge >= 0.3 is 5.97 Å². The predicted octanol–water partition coefficient (Wildman–Crippen LogP) is 2.82. The van der Waals surface area contributed by atoms with Crippen LogP contribution in [0.3, 0.4) is 0 Å². The molecule has 0 aliphatic carbocycles. The lowest BCUT2D eigenvalue weighted by Gasteiger charge is -2.35. The van der Waals surface area contributed by atoms with Crippen molar-refractivity contribution in [2.45, 2.75) is 39.7 Å². The van der Waals surface area contributed by atoms with E-state index in [2.05, 4.69) is 0 Å². The third-order valence-electron chi connectivity index (χ3n) is 3.90. The molecule has 1 N–H and O–H groups in total. The molecule has 0 saturated heterocycles. The van der Waals surface area contributed by atoms with E-state index in [1.54, 1.807) is 6.92 Å². The minimum Gasteiger partial charge on any atom is -0.479 e. The fraction of sp³-hybridized carbons (Fsp3) is 0.350. The number of carboxylic acids is 1. The highest BCUT2D eigenvalue weighted by Gasteiger charge is 2.41. The summed E-state index contributed by atoms with van der Waals surface area (Å²) in [5.74, 6) is -0.901. The van der Waals surface area contributed by atoms with Crippen molar-refractivity contribution in [3.05, 3.63) is 60.7 Å². The molecule has 0 aromatic heterocycles. The summed E-state index contributed by atoms with van der Waals surface area (Å²) >= 11 is 0. The molecule has 0 aliphatic rings. The lowest BCUT2D eigenvalue weighted by Crippen LogP contribution is -2.54. The first-order valence-corrected chi connectivity index (χ1v) is 9.85. The third kappa shape index (κ3) is 4.79. The van der Waals surface area contributed by atoms with Crippen LogP contribution in [-0.4, -0.2) is 25.7 Å². The third-order valence-corrected chi connectivity index (χ3v) is 6.64. The maximum absolute atomic E-state index is 12.0. The number of hydrogen-bond acceptors (Lipinski definition) is 2. The molecule has 4 heteroatoms. The van der Waals surface area contributed by atoms with Crippen LogP contribution in [0.2, 0.25) is 0 Å². The van der Waals surface area contributed by atoms with Gasteiger partial charge in [0.15, 0.2) is 5.60 Å². The van der Waals surface area contributed by atoms with Gasteiger partial charge in [-0.2, -0.15) is 0 Å². The highest BCUT2D eigenvalue weighted by molar-refractivity contribution is 6.80. The van der Waals surface area contributed by atoms with Gasteiger partial charge in [0.2, 0.25) is 9.04 Å². The number of rotatable bonds is 6. The molecule has 2 rings (SSSR count). The summed E-state index contributed by atoms with van der Waals surface area (Å²) < 4.78 is 6.39. The van der Waals surface area contributed by atoms with Crippen LogP contribution in [0.25, 0.3) is 0 Å². The van der Waals surface area contributed by atoms with E-state index in [-0.39, 0.29) is 5.41 Å². The molecule has 2 aromatic carbocycles. The van der Waals surface area contributed by atoms with Crippen molar-refractivity contribution in [2.24, 2.45) is 5.41 Å². The van der Waals surface area contributed by atoms with Crippen LogP contribution in [0.5, 0.6) is 0 Å². The largest absolute Gasteiger partial charge is 0.479 e. The quantitative estimate of drug-likeness (QED) is 0.821. The highest BCUT2D eigenvalue weighted by Crippen LogP contribution is 2.30. The van der Waals surface area contributed by atoms with Crippen molar-refractivity contribution in [1.82, 2.24) is 0 Å². The van der Waals surface area contributed by atoms with Crippen LogP contribution in [0.4, 0.5) is 0 Å². The molecule has 0 heterocycles. The molecule has 0 bridgehead atoms. The van der Waals surface area contributed by atoms with Gasteiger partial charge in [0.25, 0.3) is 0 Å². The Balaban J connectivity index is 2.42. The molecule has 128 valence electrons. The monoisotopic (exact) mass is 342 g/mol. The fourth-order valence-electron chi connectivity index (χ4n) is 3.02. The molecule has 0 spiro atoms. The predicted molar refractivity (Wildman–Crippen MR) is 100 cm³/mol. The molecule has 0 radical (unpaired) electrons. The van der Waals surface area contributed by atoms with Crippen LogP contribution in [0.1, 0.15) is 34.1 Å². The van der Waals surface area contributed by atoms with E-state index in [1.165, 1.54) is 0 Å². The van der Waals surface area contributed by atoms with Crippen LogP contribution in [-0.2, 0) is 9.22 Å². The van der Waals surface area contributed by atoms with Crippen LogP contribution >= 0.6 is 0 Å². The molecule has 2 aromatic rings. The second-order valence-electron chi connectivity index (χ2n) is 7.59. The van der Waals surface area contributed by atoms with Crippen LogP contribution < -0.4 is 10.4 Å². The second kappa shape index (κ2) is 7.32. The van der Waals surface area contributed by atoms with E-state index < -0.39 is 20.6 Å². The average molecular weight is 343 g/mol. The number of hydrogen-bond donors (Lipinski definition) is 1. The number of carbonyl (C=O) groups is 1. The van der Waals surface area contributed by atoms with E-state index in [4.69, 9.17) is 4.43 Å². The summed E-state index contributed by atoms with van der Waals surface area (Å²) in [4.78, 5) is 12.0. The van der Waals surface area contributed by atoms with Gasteiger partial charge < -0.3 is 9.53 Å². The van der Waals surface area contributed by atoms with Gasteiger partial charge in [-0.05, 0) is 29.1 Å². The Bertz CT molecular complexity index is 625. The molecule has 0 unspecified atom stereocenters. The molecule has 24 heavy (non-hydrogen) atoms. The van der Waals surface area contributed by atoms with E-state index >= 15 is 0 Å². The Morgan fingerprint density at radius 2 is 1.33 bits per heavy atom. The van der Waals surface area contributed by atoms with Crippen molar-refractivity contribution in [3.8, 4) is 0 Å². The Morgan fingerprint density at radius 1 is 0.917 bits per heavy atom. The topological polar surface area (TPSA) is 46.5 Å². The zero-order valence-electron chi connectivity index (χ0n) is 14.8. The Labute approximate surface area is 146 Å². The molecule has 0 fully saturated rings. The lowest BCUT2D eigenvalue weighted by molar-refractivity contribution is -0.156. The summed E-state index contributed by atoms with van der Waals surface area (Å²) in [5, 5.41) is 12.0. The SMILES string of the molecule is CC(C)(C)C[C@@](C)(O[SiH](c1ccccc1)c1ccccc1)C(=O)O. The van der Waals surface area contributed by atoms with Crippen molar-refractivity contribution in [2.75, 3.05) is 0 Å². The Hall–Kier alpha value is -1.91. The second-order valence-corrected chi connectivity index (χ2v) is 9.92. The first-order chi connectivity index (χ1) is 11.2. The normalized spacial score (nSPS) is 14.4. The van der Waals surface area contributed by atoms with Gasteiger partial charge in [-0.15, -0.1) is 0 Å². The number of carboxylic acid groups (broad SMARTS) is 1. The lowest BCUT2D eigenvalue weighted by atomic mass is 9.83. The minimum atomic E-state index is -2.10. The van der Waals surface area contributed by atoms with E-state index in [1.807, 2.05) is 81.4 Å². The van der Waals surface area contributed by atoms with Crippen molar-refractivity contribution >= 4 is 25.4 Å². The van der Waals surface area contributed by atoms with Gasteiger partial charge in [0.05, 0.1) is 0 Å². The van der Waals surface area contributed by atoms with E-state index in [0.29, 0.717) is 6.42 Å². The average Bonchev–Trinajstić information content (AvgIpc) is 2.52. The van der Waals surface area contributed by atoms with Crippen molar-refractivity contribution < 1.29 is 14.3 Å². The maximum Gasteiger partial charge on any atom is 0.334 e. The number of aliphatic carboxylic acids is 1. The van der Waals surface area contributed by atoms with E-state index in [9.17, 15) is 9.90 Å². The first kappa shape index (κ1) is 18.4. The van der Waals surface area contributed by atoms with Crippen LogP contribution in [0.15, 0.2) is 60.7 Å². The minimum absolute atomic E-state index is 0.139. The standard InChI is InChI=1S/C20H26O3Si/c1-19(2,3)15-20(4,18(21)22)23-24(16-11-7-5-8-12-16)17-13-9-6-10-14-17/h5-14,24H,15H2,1-4H3,(H,21,22)/t20-/m1/s1. The summed E-state index contributed by atoms with van der Waals surface area (Å²) in [6.45, 7) is 7.82. The zero-order valence-corrected chi connectivity index (χ0v) is 16.0. The van der Waals surface area contributed by atoms with Gasteiger partial charge in [-0.1, -0.05) is 81.4 Å². The zero-order chi connectivity index (χ0) is 17.8. The molecule has 0 aliphatic heterocycles. The molecule has 3 nitrogen and oxygen atoms in total. The molecular formula is C20H26O3Si. The number of benzene rings is 2. The van der Waals surface area contributed by atoms with Gasteiger partial charge in [0.1, 0.15) is 0 Å². The van der Waals surface area contributed by atoms with Gasteiger partial charge in [-0.3, -0.25) is 0 Å². The first-order valence-electron chi connectivity index (χ1n) is 8.22. The van der Waals surface area contributed by atoms with Gasteiger partial charge in [0, 0.05) is 0 Å². The van der Waals surface area contributed by atoms with Crippen LogP contribution in [0, 0.1) is 5.41 Å². The Kier molecular flexibility index (Phi) is 5.62. The summed E-state index contributed by atoms with van der Waals surface area (Å²) in [6, 6.07) is 20.0. The molecule has 0 amide bonds. The van der Waals surface area contributed by atoms with Crippen molar-refractivity contribution in [3.63, 3.8) is 0 Å². The summed E-state index contributed by atoms with van der Waals surface area (Å²) in [5.41, 5.74) is -1.35. The maximum atomic E-state index is 12.0.